The van der Waals surface area contributed by atoms with E-state index in [-0.39, 0.29) is 35.8 Å². The van der Waals surface area contributed by atoms with Gasteiger partial charge in [0.2, 0.25) is 5.91 Å². The van der Waals surface area contributed by atoms with E-state index < -0.39 is 0 Å². The number of para-hydroxylation sites is 1. The quantitative estimate of drug-likeness (QED) is 0.614. The third-order valence-corrected chi connectivity index (χ3v) is 5.27. The van der Waals surface area contributed by atoms with Crippen LogP contribution in [0.25, 0.3) is 0 Å². The summed E-state index contributed by atoms with van der Waals surface area (Å²) in [7, 11) is 0. The molecule has 8 nitrogen and oxygen atoms in total. The highest BCUT2D eigenvalue weighted by atomic mass is 19.1. The van der Waals surface area contributed by atoms with Gasteiger partial charge in [-0.2, -0.15) is 5.10 Å². The van der Waals surface area contributed by atoms with Crippen LogP contribution < -0.4 is 10.1 Å². The van der Waals surface area contributed by atoms with E-state index >= 15 is 0 Å². The van der Waals surface area contributed by atoms with Crippen LogP contribution in [0.5, 0.6) is 5.75 Å². The number of nitrogens with zero attached hydrogens (tertiary/aromatic N) is 4. The number of carbonyl (C=O) groups is 2. The number of aromatic nitrogens is 3. The van der Waals surface area contributed by atoms with Crippen LogP contribution >= 0.6 is 0 Å². The summed E-state index contributed by atoms with van der Waals surface area (Å²) < 4.78 is 20.9. The van der Waals surface area contributed by atoms with Crippen molar-refractivity contribution in [1.29, 1.82) is 0 Å². The Morgan fingerprint density at radius 1 is 1.19 bits per heavy atom. The number of hydrogen-bond donors (Lipinski definition) is 1. The van der Waals surface area contributed by atoms with Crippen LogP contribution in [0, 0.1) is 11.7 Å². The lowest BCUT2D eigenvalue weighted by Crippen LogP contribution is -2.43. The first-order valence-corrected chi connectivity index (χ1v) is 10.5. The standard InChI is InChI=1S/C23H24FN5O3/c24-19-7-1-2-9-21(19)32-16-17-6-5-11-28(13-17)22(30)15-29-14-18(12-26-29)27-23(31)20-8-3-4-10-25-20/h1-4,7-10,12,14,17H,5-6,11,13,15-16H2,(H,27,31). The normalized spacial score (nSPS) is 15.9. The number of carbonyl (C=O) groups excluding carboxylic acids is 2. The van der Waals surface area contributed by atoms with Crippen molar-refractivity contribution in [3.8, 4) is 5.75 Å². The molecule has 0 saturated carbocycles. The molecule has 9 heteroatoms. The Hall–Kier alpha value is -3.75. The largest absolute Gasteiger partial charge is 0.490 e. The number of pyridine rings is 1. The highest BCUT2D eigenvalue weighted by Crippen LogP contribution is 2.21. The van der Waals surface area contributed by atoms with Gasteiger partial charge in [0.1, 0.15) is 12.2 Å². The van der Waals surface area contributed by atoms with Crippen molar-refractivity contribution in [2.75, 3.05) is 25.0 Å². The molecule has 0 radical (unpaired) electrons. The van der Waals surface area contributed by atoms with Gasteiger partial charge in [0, 0.05) is 31.4 Å². The minimum Gasteiger partial charge on any atom is -0.490 e. The Morgan fingerprint density at radius 3 is 2.84 bits per heavy atom. The molecular formula is C23H24FN5O3. The average Bonchev–Trinajstić information content (AvgIpc) is 3.26. The maximum Gasteiger partial charge on any atom is 0.274 e. The van der Waals surface area contributed by atoms with E-state index in [0.29, 0.717) is 31.1 Å². The molecule has 1 unspecified atom stereocenters. The Labute approximate surface area is 185 Å². The smallest absolute Gasteiger partial charge is 0.274 e. The van der Waals surface area contributed by atoms with Crippen LogP contribution in [0.15, 0.2) is 61.1 Å². The lowest BCUT2D eigenvalue weighted by molar-refractivity contribution is -0.134. The minimum absolute atomic E-state index is 0.0636. The predicted octanol–water partition coefficient (Wildman–Crippen LogP) is 2.99. The average molecular weight is 437 g/mol. The maximum atomic E-state index is 13.7. The number of amides is 2. The van der Waals surface area contributed by atoms with Crippen molar-refractivity contribution >= 4 is 17.5 Å². The lowest BCUT2D eigenvalue weighted by atomic mass is 9.99. The van der Waals surface area contributed by atoms with Crippen LogP contribution in [-0.4, -0.2) is 51.2 Å². The Balaban J connectivity index is 1.28. The van der Waals surface area contributed by atoms with Crippen molar-refractivity contribution < 1.29 is 18.7 Å². The second kappa shape index (κ2) is 10.0. The first kappa shape index (κ1) is 21.5. The number of piperidine rings is 1. The molecule has 1 aliphatic rings. The number of hydrogen-bond acceptors (Lipinski definition) is 5. The van der Waals surface area contributed by atoms with Crippen molar-refractivity contribution in [3.63, 3.8) is 0 Å². The van der Waals surface area contributed by atoms with Gasteiger partial charge in [-0.3, -0.25) is 19.3 Å². The highest BCUT2D eigenvalue weighted by Gasteiger charge is 2.25. The van der Waals surface area contributed by atoms with E-state index in [1.165, 1.54) is 16.9 Å². The number of benzene rings is 1. The van der Waals surface area contributed by atoms with Gasteiger partial charge in [-0.1, -0.05) is 18.2 Å². The molecule has 2 amide bonds. The first-order valence-electron chi connectivity index (χ1n) is 10.5. The van der Waals surface area contributed by atoms with Crippen molar-refractivity contribution in [1.82, 2.24) is 19.7 Å². The lowest BCUT2D eigenvalue weighted by Gasteiger charge is -2.32. The van der Waals surface area contributed by atoms with E-state index in [2.05, 4.69) is 15.4 Å². The van der Waals surface area contributed by atoms with Crippen LogP contribution in [-0.2, 0) is 11.3 Å². The summed E-state index contributed by atoms with van der Waals surface area (Å²) in [5.41, 5.74) is 0.788. The summed E-state index contributed by atoms with van der Waals surface area (Å²) in [6.45, 7) is 1.65. The second-order valence-electron chi connectivity index (χ2n) is 7.69. The van der Waals surface area contributed by atoms with Crippen LogP contribution in [0.2, 0.25) is 0 Å². The summed E-state index contributed by atoms with van der Waals surface area (Å²) in [5.74, 6) is -0.428. The zero-order chi connectivity index (χ0) is 22.3. The molecular weight excluding hydrogens is 413 g/mol. The summed E-state index contributed by atoms with van der Waals surface area (Å²) in [6.07, 6.45) is 6.44. The molecule has 1 fully saturated rings. The maximum absolute atomic E-state index is 13.7. The van der Waals surface area contributed by atoms with E-state index in [1.807, 2.05) is 0 Å². The summed E-state index contributed by atoms with van der Waals surface area (Å²) in [5, 5.41) is 6.89. The second-order valence-corrected chi connectivity index (χ2v) is 7.69. The minimum atomic E-state index is -0.388. The molecule has 3 heterocycles. The number of anilines is 1. The zero-order valence-corrected chi connectivity index (χ0v) is 17.5. The molecule has 2 aromatic heterocycles. The Kier molecular flexibility index (Phi) is 6.74. The molecule has 0 spiro atoms. The first-order chi connectivity index (χ1) is 15.6. The van der Waals surface area contributed by atoms with Crippen molar-refractivity contribution in [2.45, 2.75) is 19.4 Å². The van der Waals surface area contributed by atoms with Gasteiger partial charge in [0.05, 0.1) is 18.5 Å². The molecule has 32 heavy (non-hydrogen) atoms. The van der Waals surface area contributed by atoms with Gasteiger partial charge in [0.25, 0.3) is 5.91 Å². The molecule has 4 rings (SSSR count). The van der Waals surface area contributed by atoms with Crippen molar-refractivity contribution in [2.24, 2.45) is 5.92 Å². The molecule has 0 bridgehead atoms. The SMILES string of the molecule is O=C(Nc1cnn(CC(=O)N2CCCC(COc3ccccc3F)C2)c1)c1ccccn1. The van der Waals surface area contributed by atoms with E-state index in [4.69, 9.17) is 4.74 Å². The Bertz CT molecular complexity index is 1070. The third-order valence-electron chi connectivity index (χ3n) is 5.27. The van der Waals surface area contributed by atoms with Crippen LogP contribution in [0.1, 0.15) is 23.3 Å². The number of rotatable bonds is 7. The van der Waals surface area contributed by atoms with Crippen LogP contribution in [0.4, 0.5) is 10.1 Å². The predicted molar refractivity (Wildman–Crippen MR) is 116 cm³/mol. The van der Waals surface area contributed by atoms with Gasteiger partial charge >= 0.3 is 0 Å². The van der Waals surface area contributed by atoms with Crippen LogP contribution in [0.3, 0.4) is 0 Å². The Morgan fingerprint density at radius 2 is 2.03 bits per heavy atom. The molecule has 1 aromatic carbocycles. The summed E-state index contributed by atoms with van der Waals surface area (Å²) in [6, 6.07) is 11.4. The van der Waals surface area contributed by atoms with Crippen molar-refractivity contribution in [3.05, 3.63) is 72.6 Å². The summed E-state index contributed by atoms with van der Waals surface area (Å²) in [4.78, 5) is 30.7. The van der Waals surface area contributed by atoms with E-state index in [0.717, 1.165) is 12.8 Å². The fraction of sp³-hybridized carbons (Fsp3) is 0.304. The number of likely N-dealkylation sites (tertiary alicyclic amines) is 1. The molecule has 3 aromatic rings. The topological polar surface area (TPSA) is 89.4 Å². The number of halogens is 1. The number of nitrogens with one attached hydrogen (secondary N) is 1. The molecule has 1 aliphatic heterocycles. The number of ether oxygens (including phenoxy) is 1. The molecule has 1 N–H and O–H groups in total. The highest BCUT2D eigenvalue weighted by molar-refractivity contribution is 6.02. The van der Waals surface area contributed by atoms with Gasteiger partial charge in [-0.05, 0) is 37.1 Å². The van der Waals surface area contributed by atoms with E-state index in [1.54, 1.807) is 53.7 Å². The molecule has 1 atom stereocenters. The third kappa shape index (κ3) is 5.48. The fourth-order valence-corrected chi connectivity index (χ4v) is 3.64. The van der Waals surface area contributed by atoms with Gasteiger partial charge in [-0.15, -0.1) is 0 Å². The molecule has 1 saturated heterocycles. The zero-order valence-electron chi connectivity index (χ0n) is 17.5. The van der Waals surface area contributed by atoms with Gasteiger partial charge < -0.3 is 15.0 Å². The van der Waals surface area contributed by atoms with E-state index in [9.17, 15) is 14.0 Å². The molecule has 0 aliphatic carbocycles. The van der Waals surface area contributed by atoms with Gasteiger partial charge in [0.15, 0.2) is 11.6 Å². The molecule has 166 valence electrons. The summed E-state index contributed by atoms with van der Waals surface area (Å²) >= 11 is 0. The monoisotopic (exact) mass is 437 g/mol. The van der Waals surface area contributed by atoms with Gasteiger partial charge in [-0.25, -0.2) is 4.39 Å². The fourth-order valence-electron chi connectivity index (χ4n) is 3.64.